The molecule has 1 heterocycles. The van der Waals surface area contributed by atoms with Crippen molar-refractivity contribution in [2.24, 2.45) is 5.73 Å². The number of aryl methyl sites for hydroxylation is 1. The van der Waals surface area contributed by atoms with Gasteiger partial charge in [-0.3, -0.25) is 0 Å². The lowest BCUT2D eigenvalue weighted by atomic mass is 10.2. The van der Waals surface area contributed by atoms with E-state index in [9.17, 15) is 0 Å². The van der Waals surface area contributed by atoms with Gasteiger partial charge >= 0.3 is 0 Å². The van der Waals surface area contributed by atoms with E-state index < -0.39 is 0 Å². The molecule has 0 amide bonds. The quantitative estimate of drug-likeness (QED) is 0.608. The topological polar surface area (TPSA) is 60.2 Å². The van der Waals surface area contributed by atoms with Gasteiger partial charge in [0.15, 0.2) is 0 Å². The van der Waals surface area contributed by atoms with Crippen LogP contribution in [0.2, 0.25) is 0 Å². The van der Waals surface area contributed by atoms with Crippen molar-refractivity contribution in [3.63, 3.8) is 0 Å². The number of anilines is 1. The van der Waals surface area contributed by atoms with Gasteiger partial charge in [-0.25, -0.2) is 4.98 Å². The Kier molecular flexibility index (Phi) is 5.51. The second kappa shape index (κ2) is 7.59. The Morgan fingerprint density at radius 3 is 2.71 bits per heavy atom. The lowest BCUT2D eigenvalue weighted by Crippen LogP contribution is -2.16. The van der Waals surface area contributed by atoms with Crippen molar-refractivity contribution < 1.29 is 4.74 Å². The molecule has 0 spiro atoms. The first-order valence-electron chi connectivity index (χ1n) is 6.86. The zero-order valence-electron chi connectivity index (χ0n) is 12.0. The minimum atomic E-state index is 0.352. The van der Waals surface area contributed by atoms with Crippen molar-refractivity contribution in [1.82, 2.24) is 4.98 Å². The molecule has 1 aromatic carbocycles. The van der Waals surface area contributed by atoms with Gasteiger partial charge in [0, 0.05) is 12.2 Å². The van der Waals surface area contributed by atoms with Gasteiger partial charge in [0.05, 0.1) is 12.2 Å². The molecule has 5 heteroatoms. The number of rotatable bonds is 7. The van der Waals surface area contributed by atoms with Crippen LogP contribution < -0.4 is 15.8 Å². The number of nitrogens with one attached hydrogen (secondary N) is 1. The van der Waals surface area contributed by atoms with E-state index in [2.05, 4.69) is 10.3 Å². The molecular weight excluding hydrogens is 282 g/mol. The van der Waals surface area contributed by atoms with Crippen LogP contribution >= 0.6 is 12.2 Å². The minimum Gasteiger partial charge on any atom is -0.494 e. The molecule has 0 aliphatic heterocycles. The molecule has 2 aromatic rings. The van der Waals surface area contributed by atoms with Crippen LogP contribution in [0.3, 0.4) is 0 Å². The van der Waals surface area contributed by atoms with Crippen LogP contribution in [0.4, 0.5) is 5.82 Å². The molecule has 4 nitrogen and oxygen atoms in total. The average Bonchev–Trinajstić information content (AvgIpc) is 2.48. The molecule has 110 valence electrons. The summed E-state index contributed by atoms with van der Waals surface area (Å²) in [5.41, 5.74) is 7.40. The molecule has 0 aliphatic rings. The lowest BCUT2D eigenvalue weighted by Gasteiger charge is -2.11. The van der Waals surface area contributed by atoms with E-state index in [1.807, 2.05) is 49.4 Å². The first-order chi connectivity index (χ1) is 10.2. The SMILES string of the molecule is Cc1ccc(C(N)=S)c(NCCCOc2ccccc2)n1. The van der Waals surface area contributed by atoms with Gasteiger partial charge in [-0.2, -0.15) is 0 Å². The van der Waals surface area contributed by atoms with Crippen LogP contribution in [-0.4, -0.2) is 23.1 Å². The predicted octanol–water partition coefficient (Wildman–Crippen LogP) is 2.91. The van der Waals surface area contributed by atoms with Crippen molar-refractivity contribution in [3.8, 4) is 5.75 Å². The number of pyridine rings is 1. The van der Waals surface area contributed by atoms with Crippen LogP contribution in [0, 0.1) is 6.92 Å². The van der Waals surface area contributed by atoms with Gasteiger partial charge in [0.25, 0.3) is 0 Å². The van der Waals surface area contributed by atoms with Crippen molar-refractivity contribution in [3.05, 3.63) is 53.7 Å². The summed E-state index contributed by atoms with van der Waals surface area (Å²) in [6, 6.07) is 13.6. The number of hydrogen-bond acceptors (Lipinski definition) is 4. The Labute approximate surface area is 130 Å². The highest BCUT2D eigenvalue weighted by Crippen LogP contribution is 2.13. The normalized spacial score (nSPS) is 10.1. The first kappa shape index (κ1) is 15.3. The summed E-state index contributed by atoms with van der Waals surface area (Å²) in [6.45, 7) is 3.33. The van der Waals surface area contributed by atoms with E-state index >= 15 is 0 Å². The third-order valence-electron chi connectivity index (χ3n) is 2.93. The lowest BCUT2D eigenvalue weighted by molar-refractivity contribution is 0.315. The number of hydrogen-bond donors (Lipinski definition) is 2. The molecule has 3 N–H and O–H groups in total. The fourth-order valence-corrected chi connectivity index (χ4v) is 2.04. The van der Waals surface area contributed by atoms with Gasteiger partial charge in [-0.1, -0.05) is 30.4 Å². The molecule has 21 heavy (non-hydrogen) atoms. The maximum Gasteiger partial charge on any atom is 0.136 e. The molecule has 0 atom stereocenters. The van der Waals surface area contributed by atoms with Crippen LogP contribution in [0.15, 0.2) is 42.5 Å². The standard InChI is InChI=1S/C16H19N3OS/c1-12-8-9-14(15(17)21)16(19-12)18-10-5-11-20-13-6-3-2-4-7-13/h2-4,6-9H,5,10-11H2,1H3,(H2,17,21)(H,18,19). The number of benzene rings is 1. The highest BCUT2D eigenvalue weighted by Gasteiger charge is 2.06. The summed E-state index contributed by atoms with van der Waals surface area (Å²) in [7, 11) is 0. The Morgan fingerprint density at radius 1 is 1.24 bits per heavy atom. The number of thiocarbonyl (C=S) groups is 1. The predicted molar refractivity (Wildman–Crippen MR) is 89.9 cm³/mol. The van der Waals surface area contributed by atoms with Gasteiger partial charge in [0.2, 0.25) is 0 Å². The van der Waals surface area contributed by atoms with Crippen molar-refractivity contribution >= 4 is 23.0 Å². The summed E-state index contributed by atoms with van der Waals surface area (Å²) in [5.74, 6) is 1.62. The summed E-state index contributed by atoms with van der Waals surface area (Å²) in [5, 5.41) is 3.26. The molecule has 1 aromatic heterocycles. The summed E-state index contributed by atoms with van der Waals surface area (Å²) >= 11 is 5.03. The Morgan fingerprint density at radius 2 is 2.00 bits per heavy atom. The maximum absolute atomic E-state index is 5.70. The molecule has 0 saturated carbocycles. The van der Waals surface area contributed by atoms with Gasteiger partial charge < -0.3 is 15.8 Å². The van der Waals surface area contributed by atoms with Crippen LogP contribution in [-0.2, 0) is 0 Å². The summed E-state index contributed by atoms with van der Waals surface area (Å²) < 4.78 is 5.63. The fraction of sp³-hybridized carbons (Fsp3) is 0.250. The van der Waals surface area contributed by atoms with E-state index in [1.165, 1.54) is 0 Å². The van der Waals surface area contributed by atoms with E-state index in [0.29, 0.717) is 11.6 Å². The molecule has 2 rings (SSSR count). The van der Waals surface area contributed by atoms with Crippen molar-refractivity contribution in [2.75, 3.05) is 18.5 Å². The highest BCUT2D eigenvalue weighted by molar-refractivity contribution is 7.80. The number of ether oxygens (including phenoxy) is 1. The third kappa shape index (κ3) is 4.72. The summed E-state index contributed by atoms with van der Waals surface area (Å²) in [6.07, 6.45) is 0.862. The van der Waals surface area contributed by atoms with Crippen LogP contribution in [0.1, 0.15) is 17.7 Å². The molecular formula is C16H19N3OS. The Bertz CT molecular complexity index is 602. The first-order valence-corrected chi connectivity index (χ1v) is 7.27. The smallest absolute Gasteiger partial charge is 0.136 e. The second-order valence-electron chi connectivity index (χ2n) is 4.65. The zero-order valence-corrected chi connectivity index (χ0v) is 12.8. The van der Waals surface area contributed by atoms with Gasteiger partial charge in [-0.15, -0.1) is 0 Å². The highest BCUT2D eigenvalue weighted by atomic mass is 32.1. The molecule has 0 fully saturated rings. The molecule has 0 saturated heterocycles. The number of aromatic nitrogens is 1. The van der Waals surface area contributed by atoms with Crippen LogP contribution in [0.5, 0.6) is 5.75 Å². The van der Waals surface area contributed by atoms with Crippen molar-refractivity contribution in [1.29, 1.82) is 0 Å². The van der Waals surface area contributed by atoms with E-state index in [0.717, 1.165) is 35.8 Å². The van der Waals surface area contributed by atoms with E-state index in [4.69, 9.17) is 22.7 Å². The monoisotopic (exact) mass is 301 g/mol. The number of para-hydroxylation sites is 1. The third-order valence-corrected chi connectivity index (χ3v) is 3.15. The average molecular weight is 301 g/mol. The molecule has 0 radical (unpaired) electrons. The van der Waals surface area contributed by atoms with Crippen LogP contribution in [0.25, 0.3) is 0 Å². The second-order valence-corrected chi connectivity index (χ2v) is 5.09. The van der Waals surface area contributed by atoms with Crippen molar-refractivity contribution in [2.45, 2.75) is 13.3 Å². The Hall–Kier alpha value is -2.14. The number of nitrogens with two attached hydrogens (primary N) is 1. The van der Waals surface area contributed by atoms with Gasteiger partial charge in [-0.05, 0) is 37.6 Å². The largest absolute Gasteiger partial charge is 0.494 e. The molecule has 0 unspecified atom stereocenters. The van der Waals surface area contributed by atoms with E-state index in [-0.39, 0.29) is 0 Å². The number of nitrogens with zero attached hydrogens (tertiary/aromatic N) is 1. The maximum atomic E-state index is 5.70. The summed E-state index contributed by atoms with van der Waals surface area (Å²) in [4.78, 5) is 4.78. The minimum absolute atomic E-state index is 0.352. The van der Waals surface area contributed by atoms with E-state index in [1.54, 1.807) is 0 Å². The molecule has 0 bridgehead atoms. The fourth-order valence-electron chi connectivity index (χ4n) is 1.88. The van der Waals surface area contributed by atoms with Gasteiger partial charge in [0.1, 0.15) is 16.6 Å². The Balaban J connectivity index is 1.81. The zero-order chi connectivity index (χ0) is 15.1. The molecule has 0 aliphatic carbocycles.